The van der Waals surface area contributed by atoms with Gasteiger partial charge in [0.1, 0.15) is 0 Å². The monoisotopic (exact) mass is 312 g/mol. The molecule has 6 heteroatoms. The van der Waals surface area contributed by atoms with E-state index in [1.807, 2.05) is 30.6 Å². The lowest BCUT2D eigenvalue weighted by Gasteiger charge is -2.14. The summed E-state index contributed by atoms with van der Waals surface area (Å²) in [5.41, 5.74) is 2.19. The molecule has 0 amide bonds. The fourth-order valence-corrected chi connectivity index (χ4v) is 2.99. The van der Waals surface area contributed by atoms with Crippen molar-refractivity contribution in [3.8, 4) is 11.5 Å². The highest BCUT2D eigenvalue weighted by Gasteiger charge is 2.17. The van der Waals surface area contributed by atoms with Gasteiger partial charge in [0.2, 0.25) is 12.7 Å². The summed E-state index contributed by atoms with van der Waals surface area (Å²) in [6.07, 6.45) is 6.28. The molecule has 23 heavy (non-hydrogen) atoms. The summed E-state index contributed by atoms with van der Waals surface area (Å²) >= 11 is 0. The van der Waals surface area contributed by atoms with Crippen LogP contribution in [0.25, 0.3) is 0 Å². The number of rotatable bonds is 5. The van der Waals surface area contributed by atoms with Crippen LogP contribution in [0.5, 0.6) is 11.5 Å². The Kier molecular flexibility index (Phi) is 3.98. The van der Waals surface area contributed by atoms with Gasteiger partial charge < -0.3 is 19.7 Å². The number of ether oxygens (including phenoxy) is 2. The van der Waals surface area contributed by atoms with Crippen LogP contribution in [0.1, 0.15) is 24.0 Å². The third-order valence-electron chi connectivity index (χ3n) is 4.20. The summed E-state index contributed by atoms with van der Waals surface area (Å²) in [5, 5.41) is 3.41. The van der Waals surface area contributed by atoms with E-state index in [4.69, 9.17) is 9.47 Å². The summed E-state index contributed by atoms with van der Waals surface area (Å²) in [6, 6.07) is 5.96. The Morgan fingerprint density at radius 3 is 2.70 bits per heavy atom. The van der Waals surface area contributed by atoms with E-state index in [0.717, 1.165) is 54.8 Å². The van der Waals surface area contributed by atoms with Crippen molar-refractivity contribution in [3.05, 3.63) is 41.7 Å². The number of aromatic nitrogens is 2. The van der Waals surface area contributed by atoms with Crippen LogP contribution in [0.2, 0.25) is 0 Å². The molecule has 1 aromatic heterocycles. The second kappa shape index (κ2) is 6.42. The quantitative estimate of drug-likeness (QED) is 0.912. The van der Waals surface area contributed by atoms with Gasteiger partial charge in [0.25, 0.3) is 0 Å². The van der Waals surface area contributed by atoms with Crippen LogP contribution in [-0.4, -0.2) is 29.9 Å². The van der Waals surface area contributed by atoms with Gasteiger partial charge in [-0.25, -0.2) is 9.97 Å². The molecule has 0 atom stereocenters. The molecule has 1 N–H and O–H groups in total. The van der Waals surface area contributed by atoms with Gasteiger partial charge in [-0.1, -0.05) is 12.1 Å². The van der Waals surface area contributed by atoms with Gasteiger partial charge >= 0.3 is 0 Å². The van der Waals surface area contributed by atoms with Crippen molar-refractivity contribution in [1.29, 1.82) is 0 Å². The van der Waals surface area contributed by atoms with Crippen molar-refractivity contribution in [1.82, 2.24) is 15.3 Å². The predicted octanol–water partition coefficient (Wildman–Crippen LogP) is 2.10. The van der Waals surface area contributed by atoms with E-state index >= 15 is 0 Å². The number of hydrogen-bond donors (Lipinski definition) is 1. The van der Waals surface area contributed by atoms with E-state index < -0.39 is 0 Å². The Bertz CT molecular complexity index is 669. The highest BCUT2D eigenvalue weighted by atomic mass is 16.7. The van der Waals surface area contributed by atoms with Crippen LogP contribution in [0.3, 0.4) is 0 Å². The highest BCUT2D eigenvalue weighted by Crippen LogP contribution is 2.35. The lowest BCUT2D eigenvalue weighted by molar-refractivity contribution is 0.173. The van der Waals surface area contributed by atoms with Crippen molar-refractivity contribution in [2.45, 2.75) is 25.9 Å². The molecule has 2 aliphatic rings. The molecule has 0 radical (unpaired) electrons. The number of hydrogen-bond acceptors (Lipinski definition) is 6. The molecule has 120 valence electrons. The Balaban J connectivity index is 1.34. The molecule has 4 rings (SSSR count). The summed E-state index contributed by atoms with van der Waals surface area (Å²) in [5.74, 6) is 2.51. The molecule has 0 unspecified atom stereocenters. The van der Waals surface area contributed by atoms with Gasteiger partial charge in [-0.05, 0) is 18.9 Å². The first-order valence-electron chi connectivity index (χ1n) is 8.04. The molecule has 0 spiro atoms. The number of benzene rings is 1. The van der Waals surface area contributed by atoms with Crippen LogP contribution in [0.4, 0.5) is 5.95 Å². The molecule has 2 aliphatic heterocycles. The van der Waals surface area contributed by atoms with Crippen molar-refractivity contribution in [2.75, 3.05) is 24.8 Å². The standard InChI is InChI=1S/C17H20N4O2/c1-2-7-21(6-1)17-19-9-13(10-20-17)8-18-11-14-4-3-5-15-16(14)23-12-22-15/h3-5,9-10,18H,1-2,6-8,11-12H2. The number of nitrogens with zero attached hydrogens (tertiary/aromatic N) is 3. The van der Waals surface area contributed by atoms with Crippen molar-refractivity contribution >= 4 is 5.95 Å². The van der Waals surface area contributed by atoms with Gasteiger partial charge in [0, 0.05) is 49.7 Å². The minimum absolute atomic E-state index is 0.304. The molecular formula is C17H20N4O2. The van der Waals surface area contributed by atoms with Crippen LogP contribution in [-0.2, 0) is 13.1 Å². The highest BCUT2D eigenvalue weighted by molar-refractivity contribution is 5.48. The first-order valence-corrected chi connectivity index (χ1v) is 8.04. The van der Waals surface area contributed by atoms with E-state index in [0.29, 0.717) is 6.79 Å². The van der Waals surface area contributed by atoms with E-state index in [2.05, 4.69) is 20.2 Å². The fraction of sp³-hybridized carbons (Fsp3) is 0.412. The Hall–Kier alpha value is -2.34. The number of para-hydroxylation sites is 1. The summed E-state index contributed by atoms with van der Waals surface area (Å²) < 4.78 is 10.9. The second-order valence-electron chi connectivity index (χ2n) is 5.84. The molecule has 0 bridgehead atoms. The number of fused-ring (bicyclic) bond motifs is 1. The van der Waals surface area contributed by atoms with Crippen LogP contribution < -0.4 is 19.7 Å². The topological polar surface area (TPSA) is 59.5 Å². The smallest absolute Gasteiger partial charge is 0.231 e. The van der Waals surface area contributed by atoms with Crippen molar-refractivity contribution < 1.29 is 9.47 Å². The van der Waals surface area contributed by atoms with E-state index in [-0.39, 0.29) is 0 Å². The minimum Gasteiger partial charge on any atom is -0.454 e. The van der Waals surface area contributed by atoms with Crippen LogP contribution in [0, 0.1) is 0 Å². The lowest BCUT2D eigenvalue weighted by Crippen LogP contribution is -2.20. The summed E-state index contributed by atoms with van der Waals surface area (Å²) in [4.78, 5) is 11.2. The zero-order chi connectivity index (χ0) is 15.5. The van der Waals surface area contributed by atoms with Gasteiger partial charge in [-0.15, -0.1) is 0 Å². The second-order valence-corrected chi connectivity index (χ2v) is 5.84. The lowest BCUT2D eigenvalue weighted by atomic mass is 10.2. The SMILES string of the molecule is c1cc(CNCc2cnc(N3CCCC3)nc2)c2c(c1)OCO2. The molecule has 2 aromatic rings. The van der Waals surface area contributed by atoms with E-state index in [9.17, 15) is 0 Å². The summed E-state index contributed by atoms with van der Waals surface area (Å²) in [6.45, 7) is 3.89. The normalized spacial score (nSPS) is 16.1. The van der Waals surface area contributed by atoms with Crippen molar-refractivity contribution in [3.63, 3.8) is 0 Å². The van der Waals surface area contributed by atoms with Gasteiger partial charge in [0.05, 0.1) is 0 Å². The molecule has 1 saturated heterocycles. The average Bonchev–Trinajstić information content (AvgIpc) is 3.27. The molecule has 1 aromatic carbocycles. The third-order valence-corrected chi connectivity index (χ3v) is 4.20. The Morgan fingerprint density at radius 1 is 1.04 bits per heavy atom. The Morgan fingerprint density at radius 2 is 1.87 bits per heavy atom. The van der Waals surface area contributed by atoms with Crippen LogP contribution >= 0.6 is 0 Å². The van der Waals surface area contributed by atoms with E-state index in [1.54, 1.807) is 0 Å². The number of nitrogens with one attached hydrogen (secondary N) is 1. The third kappa shape index (κ3) is 3.07. The zero-order valence-corrected chi connectivity index (χ0v) is 13.0. The average molecular weight is 312 g/mol. The van der Waals surface area contributed by atoms with Gasteiger partial charge in [-0.2, -0.15) is 0 Å². The summed E-state index contributed by atoms with van der Waals surface area (Å²) in [7, 11) is 0. The number of anilines is 1. The van der Waals surface area contributed by atoms with Gasteiger partial charge in [-0.3, -0.25) is 0 Å². The first-order chi connectivity index (χ1) is 11.4. The van der Waals surface area contributed by atoms with Crippen LogP contribution in [0.15, 0.2) is 30.6 Å². The minimum atomic E-state index is 0.304. The molecule has 0 saturated carbocycles. The molecule has 1 fully saturated rings. The largest absolute Gasteiger partial charge is 0.454 e. The zero-order valence-electron chi connectivity index (χ0n) is 13.0. The molecule has 0 aliphatic carbocycles. The maximum absolute atomic E-state index is 5.51. The molecule has 3 heterocycles. The fourth-order valence-electron chi connectivity index (χ4n) is 2.99. The van der Waals surface area contributed by atoms with Gasteiger partial charge in [0.15, 0.2) is 11.5 Å². The van der Waals surface area contributed by atoms with E-state index in [1.165, 1.54) is 12.8 Å². The maximum Gasteiger partial charge on any atom is 0.231 e. The Labute approximate surface area is 135 Å². The maximum atomic E-state index is 5.51. The predicted molar refractivity (Wildman–Crippen MR) is 86.6 cm³/mol. The van der Waals surface area contributed by atoms with Crippen molar-refractivity contribution in [2.24, 2.45) is 0 Å². The molecular weight excluding hydrogens is 292 g/mol. The first kappa shape index (κ1) is 14.3. The molecule has 6 nitrogen and oxygen atoms in total.